The second-order valence-corrected chi connectivity index (χ2v) is 4.68. The Kier molecular flexibility index (Phi) is 2.92. The van der Waals surface area contributed by atoms with Crippen LogP contribution < -0.4 is 5.32 Å². The maximum Gasteiger partial charge on any atom is 0.236 e. The minimum absolute atomic E-state index is 0.148. The maximum atomic E-state index is 11.7. The molecule has 1 aliphatic carbocycles. The second kappa shape index (κ2) is 4.19. The fourth-order valence-electron chi connectivity index (χ4n) is 2.13. The largest absolute Gasteiger partial charge is 0.341 e. The summed E-state index contributed by atoms with van der Waals surface area (Å²) in [4.78, 5) is 13.6. The smallest absolute Gasteiger partial charge is 0.236 e. The van der Waals surface area contributed by atoms with E-state index < -0.39 is 0 Å². The predicted molar refractivity (Wildman–Crippen MR) is 56.0 cm³/mol. The quantitative estimate of drug-likeness (QED) is 0.733. The van der Waals surface area contributed by atoms with Gasteiger partial charge in [-0.05, 0) is 25.8 Å². The molecule has 1 saturated heterocycles. The van der Waals surface area contributed by atoms with Crippen molar-refractivity contribution in [3.05, 3.63) is 0 Å². The molecule has 0 unspecified atom stereocenters. The molecule has 1 amide bonds. The number of carbonyl (C=O) groups excluding carboxylic acids is 1. The minimum Gasteiger partial charge on any atom is -0.341 e. The van der Waals surface area contributed by atoms with E-state index in [0.717, 1.165) is 38.9 Å². The zero-order valence-electron chi connectivity index (χ0n) is 8.96. The first-order chi connectivity index (χ1) is 7.26. The highest BCUT2D eigenvalue weighted by atomic mass is 16.2. The van der Waals surface area contributed by atoms with Crippen LogP contribution in [0.4, 0.5) is 0 Å². The monoisotopic (exact) mass is 207 g/mol. The van der Waals surface area contributed by atoms with Crippen molar-refractivity contribution in [2.24, 2.45) is 5.41 Å². The average Bonchev–Trinajstić information content (AvgIpc) is 2.97. The number of nitrogens with zero attached hydrogens (tertiary/aromatic N) is 2. The molecule has 0 radical (unpaired) electrons. The lowest BCUT2D eigenvalue weighted by Gasteiger charge is -2.24. The first-order valence-electron chi connectivity index (χ1n) is 5.61. The molecule has 0 bridgehead atoms. The normalized spacial score (nSPS) is 24.5. The van der Waals surface area contributed by atoms with Gasteiger partial charge < -0.3 is 10.2 Å². The van der Waals surface area contributed by atoms with Crippen molar-refractivity contribution in [2.75, 3.05) is 26.2 Å². The molecule has 4 nitrogen and oxygen atoms in total. The van der Waals surface area contributed by atoms with Crippen molar-refractivity contribution in [1.82, 2.24) is 10.2 Å². The van der Waals surface area contributed by atoms with Crippen molar-refractivity contribution in [1.29, 1.82) is 5.26 Å². The molecule has 1 heterocycles. The molecule has 2 fully saturated rings. The molecule has 2 aliphatic rings. The molecular formula is C11H17N3O. The van der Waals surface area contributed by atoms with Gasteiger partial charge in [-0.15, -0.1) is 0 Å². The van der Waals surface area contributed by atoms with Crippen LogP contribution in [-0.4, -0.2) is 37.0 Å². The topological polar surface area (TPSA) is 56.1 Å². The number of amides is 1. The number of nitrogens with one attached hydrogen (secondary N) is 1. The highest BCUT2D eigenvalue weighted by Gasteiger charge is 2.44. The van der Waals surface area contributed by atoms with Crippen LogP contribution in [0.3, 0.4) is 0 Å². The van der Waals surface area contributed by atoms with Crippen LogP contribution >= 0.6 is 0 Å². The summed E-state index contributed by atoms with van der Waals surface area (Å²) in [5.74, 6) is 0.191. The van der Waals surface area contributed by atoms with Gasteiger partial charge in [-0.2, -0.15) is 5.26 Å². The molecule has 4 heteroatoms. The Labute approximate surface area is 90.2 Å². The third-order valence-electron chi connectivity index (χ3n) is 3.35. The van der Waals surface area contributed by atoms with E-state index in [2.05, 4.69) is 11.4 Å². The van der Waals surface area contributed by atoms with Gasteiger partial charge in [0, 0.05) is 24.9 Å². The predicted octanol–water partition coefficient (Wildman–Crippen LogP) is 0.502. The molecule has 0 aromatic heterocycles. The minimum atomic E-state index is 0.148. The van der Waals surface area contributed by atoms with Gasteiger partial charge in [0.2, 0.25) is 5.91 Å². The molecular weight excluding hydrogens is 190 g/mol. The lowest BCUT2D eigenvalue weighted by atomic mass is 10.0. The molecule has 0 aromatic carbocycles. The Balaban J connectivity index is 1.92. The van der Waals surface area contributed by atoms with Gasteiger partial charge in [-0.1, -0.05) is 0 Å². The van der Waals surface area contributed by atoms with Crippen molar-refractivity contribution >= 4 is 5.91 Å². The Morgan fingerprint density at radius 2 is 2.33 bits per heavy atom. The van der Waals surface area contributed by atoms with E-state index in [9.17, 15) is 4.79 Å². The van der Waals surface area contributed by atoms with Gasteiger partial charge in [0.05, 0.1) is 12.6 Å². The molecule has 0 spiro atoms. The molecule has 15 heavy (non-hydrogen) atoms. The van der Waals surface area contributed by atoms with Gasteiger partial charge >= 0.3 is 0 Å². The summed E-state index contributed by atoms with van der Waals surface area (Å²) in [5.41, 5.74) is 0.148. The first-order valence-corrected chi connectivity index (χ1v) is 5.61. The number of hydrogen-bond acceptors (Lipinski definition) is 3. The van der Waals surface area contributed by atoms with E-state index in [-0.39, 0.29) is 11.3 Å². The van der Waals surface area contributed by atoms with E-state index in [4.69, 9.17) is 5.26 Å². The summed E-state index contributed by atoms with van der Waals surface area (Å²) in [7, 11) is 0. The van der Waals surface area contributed by atoms with Crippen LogP contribution in [0.15, 0.2) is 0 Å². The van der Waals surface area contributed by atoms with Crippen LogP contribution in [-0.2, 0) is 4.79 Å². The molecule has 1 saturated carbocycles. The third kappa shape index (κ3) is 2.48. The summed E-state index contributed by atoms with van der Waals surface area (Å²) in [6.45, 7) is 3.02. The van der Waals surface area contributed by atoms with E-state index in [1.807, 2.05) is 4.90 Å². The van der Waals surface area contributed by atoms with Crippen molar-refractivity contribution < 1.29 is 4.79 Å². The van der Waals surface area contributed by atoms with Gasteiger partial charge in [0.15, 0.2) is 0 Å². The number of nitriles is 1. The van der Waals surface area contributed by atoms with Gasteiger partial charge in [-0.25, -0.2) is 0 Å². The maximum absolute atomic E-state index is 11.7. The molecule has 1 aliphatic heterocycles. The highest BCUT2D eigenvalue weighted by Crippen LogP contribution is 2.49. The lowest BCUT2D eigenvalue weighted by Crippen LogP contribution is -2.38. The van der Waals surface area contributed by atoms with E-state index >= 15 is 0 Å². The van der Waals surface area contributed by atoms with Crippen LogP contribution in [0.5, 0.6) is 0 Å². The van der Waals surface area contributed by atoms with Crippen LogP contribution in [0.1, 0.15) is 25.7 Å². The Bertz CT molecular complexity index is 291. The number of hydrogen-bond donors (Lipinski definition) is 1. The van der Waals surface area contributed by atoms with Crippen molar-refractivity contribution in [3.8, 4) is 6.07 Å². The van der Waals surface area contributed by atoms with Gasteiger partial charge in [0.25, 0.3) is 0 Å². The molecule has 1 N–H and O–H groups in total. The van der Waals surface area contributed by atoms with Crippen LogP contribution in [0, 0.1) is 16.7 Å². The highest BCUT2D eigenvalue weighted by molar-refractivity contribution is 5.78. The summed E-state index contributed by atoms with van der Waals surface area (Å²) in [6.07, 6.45) is 3.84. The summed E-state index contributed by atoms with van der Waals surface area (Å²) >= 11 is 0. The van der Waals surface area contributed by atoms with Crippen LogP contribution in [0.25, 0.3) is 0 Å². The zero-order valence-corrected chi connectivity index (χ0v) is 8.96. The number of rotatable bonds is 3. The van der Waals surface area contributed by atoms with Crippen molar-refractivity contribution in [2.45, 2.75) is 25.7 Å². The lowest BCUT2D eigenvalue weighted by molar-refractivity contribution is -0.130. The van der Waals surface area contributed by atoms with E-state index in [1.165, 1.54) is 0 Å². The second-order valence-electron chi connectivity index (χ2n) is 4.68. The summed E-state index contributed by atoms with van der Waals surface area (Å²) in [5, 5.41) is 11.8. The Morgan fingerprint density at radius 3 is 3.00 bits per heavy atom. The van der Waals surface area contributed by atoms with Gasteiger partial charge in [0.1, 0.15) is 0 Å². The SMILES string of the molecule is N#CCC1(CN2CCCNCC2=O)CC1. The Hall–Kier alpha value is -1.08. The summed E-state index contributed by atoms with van der Waals surface area (Å²) < 4.78 is 0. The average molecular weight is 207 g/mol. The fourth-order valence-corrected chi connectivity index (χ4v) is 2.13. The third-order valence-corrected chi connectivity index (χ3v) is 3.35. The Morgan fingerprint density at radius 1 is 1.53 bits per heavy atom. The molecule has 0 atom stereocenters. The molecule has 2 rings (SSSR count). The summed E-state index contributed by atoms with van der Waals surface area (Å²) in [6, 6.07) is 2.24. The molecule has 82 valence electrons. The molecule has 0 aromatic rings. The fraction of sp³-hybridized carbons (Fsp3) is 0.818. The van der Waals surface area contributed by atoms with Crippen LogP contribution in [0.2, 0.25) is 0 Å². The van der Waals surface area contributed by atoms with Crippen molar-refractivity contribution in [3.63, 3.8) is 0 Å². The zero-order chi connectivity index (χ0) is 10.7. The van der Waals surface area contributed by atoms with E-state index in [1.54, 1.807) is 0 Å². The van der Waals surface area contributed by atoms with Gasteiger partial charge in [-0.3, -0.25) is 4.79 Å². The first kappa shape index (κ1) is 10.4. The van der Waals surface area contributed by atoms with E-state index in [0.29, 0.717) is 13.0 Å². The standard InChI is InChI=1S/C11H17N3O/c12-5-4-11(2-3-11)9-14-7-1-6-13-8-10(14)15/h13H,1-4,6-9H2. The number of carbonyl (C=O) groups is 1.